The number of carbonyl (C=O) groups excluding carboxylic acids is 1. The Bertz CT molecular complexity index is 952. The van der Waals surface area contributed by atoms with Crippen LogP contribution in [0.5, 0.6) is 0 Å². The van der Waals surface area contributed by atoms with Crippen molar-refractivity contribution >= 4 is 11.5 Å². The second-order valence-corrected chi connectivity index (χ2v) is 7.39. The van der Waals surface area contributed by atoms with Crippen molar-refractivity contribution in [3.63, 3.8) is 0 Å². The summed E-state index contributed by atoms with van der Waals surface area (Å²) in [4.78, 5) is 15.5. The Morgan fingerprint density at radius 2 is 2.17 bits per heavy atom. The minimum absolute atomic E-state index is 0.0230. The third kappa shape index (κ3) is 5.72. The Morgan fingerprint density at radius 1 is 1.33 bits per heavy atom. The predicted molar refractivity (Wildman–Crippen MR) is 123 cm³/mol. The van der Waals surface area contributed by atoms with E-state index in [1.165, 1.54) is 0 Å². The molecular formula is C27H29NO2. The lowest BCUT2D eigenvalue weighted by molar-refractivity contribution is -0.135. The fourth-order valence-corrected chi connectivity index (χ4v) is 3.67. The minimum atomic E-state index is 0.0230. The third-order valence-electron chi connectivity index (χ3n) is 5.31. The molecule has 1 heterocycles. The first-order chi connectivity index (χ1) is 14.7. The van der Waals surface area contributed by atoms with Crippen LogP contribution < -0.4 is 0 Å². The molecule has 0 radical (unpaired) electrons. The maximum Gasteiger partial charge on any atom is 0.254 e. The minimum Gasteiger partial charge on any atom is -0.377 e. The molecule has 0 aromatic heterocycles. The van der Waals surface area contributed by atoms with E-state index in [9.17, 15) is 4.79 Å². The van der Waals surface area contributed by atoms with E-state index in [2.05, 4.69) is 24.1 Å². The van der Waals surface area contributed by atoms with E-state index in [4.69, 9.17) is 4.74 Å². The summed E-state index contributed by atoms with van der Waals surface area (Å²) >= 11 is 0. The van der Waals surface area contributed by atoms with Crippen LogP contribution in [0.3, 0.4) is 0 Å². The van der Waals surface area contributed by atoms with Gasteiger partial charge in [-0.25, -0.2) is 0 Å². The number of allylic oxidation sites excluding steroid dienone is 7. The molecule has 1 amide bonds. The number of amides is 1. The summed E-state index contributed by atoms with van der Waals surface area (Å²) in [6.07, 6.45) is 14.4. The number of carbonyl (C=O) groups is 1. The third-order valence-corrected chi connectivity index (χ3v) is 5.31. The molecule has 0 spiro atoms. The first-order valence-electron chi connectivity index (χ1n) is 10.5. The smallest absolute Gasteiger partial charge is 0.254 e. The Kier molecular flexibility index (Phi) is 8.06. The first kappa shape index (κ1) is 21.6. The number of hydrogen-bond donors (Lipinski definition) is 0. The van der Waals surface area contributed by atoms with E-state index in [1.807, 2.05) is 72.5 Å². The van der Waals surface area contributed by atoms with Crippen molar-refractivity contribution in [1.82, 2.24) is 4.90 Å². The van der Waals surface area contributed by atoms with Crippen LogP contribution in [-0.2, 0) is 9.53 Å². The standard InChI is InChI=1S/C27H29NO2/c1-3-4-18-26(22(2)24-15-9-6-10-16-24)27(29)28-19-20-30-21-25(28)17-11-14-23-12-7-5-8-13-23/h3-7,9-10,12,15-16,18,25H,2,11,14,17,19-21H2,1H3/b4-3-,26-18+. The lowest BCUT2D eigenvalue weighted by Gasteiger charge is -2.36. The predicted octanol–water partition coefficient (Wildman–Crippen LogP) is 5.41. The van der Waals surface area contributed by atoms with Crippen molar-refractivity contribution in [1.29, 1.82) is 0 Å². The highest BCUT2D eigenvalue weighted by Gasteiger charge is 2.29. The zero-order valence-corrected chi connectivity index (χ0v) is 17.6. The first-order valence-corrected chi connectivity index (χ1v) is 10.5. The molecule has 1 atom stereocenters. The van der Waals surface area contributed by atoms with Gasteiger partial charge in [0.05, 0.1) is 19.3 Å². The van der Waals surface area contributed by atoms with E-state index in [1.54, 1.807) is 0 Å². The van der Waals surface area contributed by atoms with E-state index in [0.717, 1.165) is 36.0 Å². The zero-order valence-electron chi connectivity index (χ0n) is 17.6. The van der Waals surface area contributed by atoms with E-state index in [-0.39, 0.29) is 11.9 Å². The Hall–Kier alpha value is -3.09. The molecule has 154 valence electrons. The van der Waals surface area contributed by atoms with Gasteiger partial charge in [0.15, 0.2) is 0 Å². The molecule has 0 saturated carbocycles. The molecular weight excluding hydrogens is 370 g/mol. The van der Waals surface area contributed by atoms with Crippen LogP contribution in [0.2, 0.25) is 0 Å². The zero-order chi connectivity index (χ0) is 21.2. The number of rotatable bonds is 8. The lowest BCUT2D eigenvalue weighted by Crippen LogP contribution is -2.49. The maximum atomic E-state index is 13.6. The molecule has 1 aromatic rings. The number of nitrogens with zero attached hydrogens (tertiary/aromatic N) is 1. The molecule has 0 bridgehead atoms. The highest BCUT2D eigenvalue weighted by Crippen LogP contribution is 2.26. The molecule has 0 N–H and O–H groups in total. The van der Waals surface area contributed by atoms with Crippen molar-refractivity contribution in [3.05, 3.63) is 102 Å². The average Bonchev–Trinajstić information content (AvgIpc) is 2.80. The number of morpholine rings is 1. The van der Waals surface area contributed by atoms with Gasteiger partial charge in [0.25, 0.3) is 5.91 Å². The van der Waals surface area contributed by atoms with Crippen molar-refractivity contribution in [2.75, 3.05) is 19.8 Å². The molecule has 2 aliphatic rings. The van der Waals surface area contributed by atoms with Gasteiger partial charge >= 0.3 is 0 Å². The van der Waals surface area contributed by atoms with Gasteiger partial charge in [-0.1, -0.05) is 72.7 Å². The van der Waals surface area contributed by atoms with Gasteiger partial charge in [-0.15, -0.1) is 0 Å². The summed E-state index contributed by atoms with van der Waals surface area (Å²) in [7, 11) is 0. The second-order valence-electron chi connectivity index (χ2n) is 7.39. The quantitative estimate of drug-likeness (QED) is 0.332. The highest BCUT2D eigenvalue weighted by molar-refractivity contribution is 6.09. The van der Waals surface area contributed by atoms with Gasteiger partial charge in [-0.2, -0.15) is 0 Å². The topological polar surface area (TPSA) is 29.5 Å². The van der Waals surface area contributed by atoms with Crippen LogP contribution >= 0.6 is 0 Å². The van der Waals surface area contributed by atoms with Crippen LogP contribution in [0, 0.1) is 0 Å². The number of ether oxygens (including phenoxy) is 1. The summed E-state index contributed by atoms with van der Waals surface area (Å²) in [6, 6.07) is 9.94. The van der Waals surface area contributed by atoms with E-state index in [0.29, 0.717) is 25.3 Å². The fourth-order valence-electron chi connectivity index (χ4n) is 3.67. The molecule has 1 unspecified atom stereocenters. The Balaban J connectivity index is 1.74. The lowest BCUT2D eigenvalue weighted by atomic mass is 9.96. The average molecular weight is 400 g/mol. The van der Waals surface area contributed by atoms with Crippen molar-refractivity contribution < 1.29 is 9.53 Å². The summed E-state index contributed by atoms with van der Waals surface area (Å²) in [5, 5.41) is 0. The van der Waals surface area contributed by atoms with Crippen LogP contribution in [0.25, 0.3) is 5.57 Å². The van der Waals surface area contributed by atoms with Gasteiger partial charge in [0.2, 0.25) is 0 Å². The van der Waals surface area contributed by atoms with Gasteiger partial charge < -0.3 is 9.64 Å². The van der Waals surface area contributed by atoms with Crippen LogP contribution in [0.1, 0.15) is 31.7 Å². The van der Waals surface area contributed by atoms with Crippen molar-refractivity contribution in [3.8, 4) is 0 Å². The number of benzene rings is 1. The van der Waals surface area contributed by atoms with E-state index >= 15 is 0 Å². The van der Waals surface area contributed by atoms with Crippen LogP contribution in [0.15, 0.2) is 96.0 Å². The molecule has 30 heavy (non-hydrogen) atoms. The summed E-state index contributed by atoms with van der Waals surface area (Å²) < 4.78 is 5.71. The molecule has 3 nitrogen and oxygen atoms in total. The molecule has 1 aliphatic carbocycles. The monoisotopic (exact) mass is 399 g/mol. The van der Waals surface area contributed by atoms with Gasteiger partial charge in [-0.3, -0.25) is 4.79 Å². The Labute approximate surface area is 179 Å². The molecule has 1 aliphatic heterocycles. The Morgan fingerprint density at radius 3 is 2.90 bits per heavy atom. The largest absolute Gasteiger partial charge is 0.377 e. The second kappa shape index (κ2) is 11.2. The number of hydrogen-bond acceptors (Lipinski definition) is 2. The van der Waals surface area contributed by atoms with Gasteiger partial charge in [-0.05, 0) is 49.5 Å². The van der Waals surface area contributed by atoms with Crippen LogP contribution in [-0.4, -0.2) is 36.6 Å². The maximum absolute atomic E-state index is 13.6. The summed E-state index contributed by atoms with van der Waals surface area (Å²) in [5.41, 5.74) is 9.65. The molecule has 3 heteroatoms. The fraction of sp³-hybridized carbons (Fsp3) is 0.296. The summed E-state index contributed by atoms with van der Waals surface area (Å²) in [5.74, 6) is 0.0230. The van der Waals surface area contributed by atoms with Crippen molar-refractivity contribution in [2.24, 2.45) is 0 Å². The van der Waals surface area contributed by atoms with Gasteiger partial charge in [0, 0.05) is 17.7 Å². The highest BCUT2D eigenvalue weighted by atomic mass is 16.5. The normalized spacial score (nSPS) is 18.7. The molecule has 1 fully saturated rings. The van der Waals surface area contributed by atoms with E-state index < -0.39 is 0 Å². The summed E-state index contributed by atoms with van der Waals surface area (Å²) in [6.45, 7) is 7.92. The molecule has 1 aromatic carbocycles. The van der Waals surface area contributed by atoms with Crippen molar-refractivity contribution in [2.45, 2.75) is 32.2 Å². The molecule has 1 saturated heterocycles. The van der Waals surface area contributed by atoms with Gasteiger partial charge in [0.1, 0.15) is 0 Å². The van der Waals surface area contributed by atoms with Crippen LogP contribution in [0.4, 0.5) is 0 Å². The SMILES string of the molecule is C=C(/C(=C\C=C/C)C(=O)N1CCOCC1CCCC1=C=C=CC=C1)c1ccccc1. The molecule has 3 rings (SSSR count).